The van der Waals surface area contributed by atoms with Crippen LogP contribution in [0.2, 0.25) is 5.15 Å². The van der Waals surface area contributed by atoms with Crippen molar-refractivity contribution in [3.05, 3.63) is 22.5 Å². The summed E-state index contributed by atoms with van der Waals surface area (Å²) in [4.78, 5) is 13.5. The lowest BCUT2D eigenvalue weighted by Gasteiger charge is -2.09. The number of anilines is 1. The number of rotatable bonds is 1. The third-order valence-corrected chi connectivity index (χ3v) is 1.82. The summed E-state index contributed by atoms with van der Waals surface area (Å²) in [6, 6.07) is 0.337. The van der Waals surface area contributed by atoms with E-state index in [1.807, 2.05) is 0 Å². The highest BCUT2D eigenvalue weighted by molar-refractivity contribution is 6.32. The van der Waals surface area contributed by atoms with Crippen LogP contribution in [-0.2, 0) is 6.18 Å². The summed E-state index contributed by atoms with van der Waals surface area (Å²) in [5.41, 5.74) is 2.55. The van der Waals surface area contributed by atoms with E-state index in [2.05, 4.69) is 4.98 Å². The summed E-state index contributed by atoms with van der Waals surface area (Å²) < 4.78 is 36.6. The number of aromatic carboxylic acids is 1. The molecule has 0 aliphatic heterocycles. The number of carbonyl (C=O) groups is 1. The highest BCUT2D eigenvalue weighted by atomic mass is 35.5. The Bertz CT molecular complexity index is 419. The lowest BCUT2D eigenvalue weighted by Crippen LogP contribution is -2.13. The Labute approximate surface area is 86.5 Å². The van der Waals surface area contributed by atoms with E-state index in [4.69, 9.17) is 22.4 Å². The fourth-order valence-electron chi connectivity index (χ4n) is 0.846. The molecule has 0 amide bonds. The first kappa shape index (κ1) is 11.6. The van der Waals surface area contributed by atoms with Gasteiger partial charge in [-0.2, -0.15) is 13.2 Å². The SMILES string of the molecule is Nc1c(C(=O)O)cc(C(F)(F)F)nc1Cl. The van der Waals surface area contributed by atoms with Crippen LogP contribution >= 0.6 is 11.6 Å². The molecule has 0 aliphatic rings. The molecule has 0 atom stereocenters. The number of nitrogens with two attached hydrogens (primary N) is 1. The van der Waals surface area contributed by atoms with Gasteiger partial charge in [0.15, 0.2) is 5.15 Å². The topological polar surface area (TPSA) is 76.2 Å². The number of halogens is 4. The zero-order chi connectivity index (χ0) is 11.8. The van der Waals surface area contributed by atoms with Gasteiger partial charge >= 0.3 is 12.1 Å². The number of aromatic nitrogens is 1. The molecule has 0 unspecified atom stereocenters. The van der Waals surface area contributed by atoms with Gasteiger partial charge < -0.3 is 10.8 Å². The van der Waals surface area contributed by atoms with Crippen LogP contribution < -0.4 is 5.73 Å². The lowest BCUT2D eigenvalue weighted by molar-refractivity contribution is -0.141. The molecule has 0 saturated carbocycles. The summed E-state index contributed by atoms with van der Waals surface area (Å²) >= 11 is 5.27. The summed E-state index contributed by atoms with van der Waals surface area (Å²) in [7, 11) is 0. The Balaban J connectivity index is 3.43. The largest absolute Gasteiger partial charge is 0.478 e. The van der Waals surface area contributed by atoms with Crippen LogP contribution in [0, 0.1) is 0 Å². The summed E-state index contributed by atoms with van der Waals surface area (Å²) in [5, 5.41) is 7.87. The Kier molecular flexibility index (Phi) is 2.76. The van der Waals surface area contributed by atoms with Gasteiger partial charge in [0.2, 0.25) is 0 Å². The molecular weight excluding hydrogens is 237 g/mol. The molecule has 15 heavy (non-hydrogen) atoms. The van der Waals surface area contributed by atoms with Crippen molar-refractivity contribution in [3.63, 3.8) is 0 Å². The third kappa shape index (κ3) is 2.30. The normalized spacial score (nSPS) is 11.5. The molecule has 0 spiro atoms. The second kappa shape index (κ2) is 3.58. The number of nitrogens with zero attached hydrogens (tertiary/aromatic N) is 1. The lowest BCUT2D eigenvalue weighted by atomic mass is 10.2. The maximum Gasteiger partial charge on any atom is 0.433 e. The fraction of sp³-hybridized carbons (Fsp3) is 0.143. The molecule has 0 saturated heterocycles. The van der Waals surface area contributed by atoms with Crippen LogP contribution in [0.15, 0.2) is 6.07 Å². The average Bonchev–Trinajstić information content (AvgIpc) is 2.06. The molecule has 1 aromatic rings. The molecule has 1 heterocycles. The van der Waals surface area contributed by atoms with Crippen molar-refractivity contribution in [2.75, 3.05) is 5.73 Å². The van der Waals surface area contributed by atoms with E-state index >= 15 is 0 Å². The van der Waals surface area contributed by atoms with E-state index < -0.39 is 34.2 Å². The van der Waals surface area contributed by atoms with Gasteiger partial charge in [-0.3, -0.25) is 0 Å². The predicted molar refractivity (Wildman–Crippen MR) is 45.6 cm³/mol. The van der Waals surface area contributed by atoms with Crippen LogP contribution in [-0.4, -0.2) is 16.1 Å². The zero-order valence-electron chi connectivity index (χ0n) is 6.97. The van der Waals surface area contributed by atoms with E-state index in [0.29, 0.717) is 6.07 Å². The molecule has 3 N–H and O–H groups in total. The van der Waals surface area contributed by atoms with Crippen LogP contribution in [0.25, 0.3) is 0 Å². The smallest absolute Gasteiger partial charge is 0.433 e. The summed E-state index contributed by atoms with van der Waals surface area (Å²) in [5.74, 6) is -1.60. The minimum atomic E-state index is -4.76. The number of carboxylic acid groups (broad SMARTS) is 1. The molecule has 0 aliphatic carbocycles. The minimum absolute atomic E-state index is 0.337. The molecule has 4 nitrogen and oxygen atoms in total. The van der Waals surface area contributed by atoms with Gasteiger partial charge in [-0.15, -0.1) is 0 Å². The van der Waals surface area contributed by atoms with Crippen LogP contribution in [0.5, 0.6) is 0 Å². The number of pyridine rings is 1. The number of carboxylic acids is 1. The van der Waals surface area contributed by atoms with E-state index in [9.17, 15) is 18.0 Å². The van der Waals surface area contributed by atoms with E-state index in [-0.39, 0.29) is 0 Å². The van der Waals surface area contributed by atoms with Gasteiger partial charge in [0.25, 0.3) is 0 Å². The molecule has 82 valence electrons. The van der Waals surface area contributed by atoms with E-state index in [1.54, 1.807) is 0 Å². The van der Waals surface area contributed by atoms with Crippen LogP contribution in [0.4, 0.5) is 18.9 Å². The first-order chi connectivity index (χ1) is 6.73. The Morgan fingerprint density at radius 2 is 2.07 bits per heavy atom. The molecular formula is C7H4ClF3N2O2. The van der Waals surface area contributed by atoms with Crippen LogP contribution in [0.3, 0.4) is 0 Å². The zero-order valence-corrected chi connectivity index (χ0v) is 7.73. The average molecular weight is 241 g/mol. The monoisotopic (exact) mass is 240 g/mol. The quantitative estimate of drug-likeness (QED) is 0.737. The summed E-state index contributed by atoms with van der Waals surface area (Å²) in [6.45, 7) is 0. The van der Waals surface area contributed by atoms with Gasteiger partial charge in [-0.25, -0.2) is 9.78 Å². The molecule has 0 radical (unpaired) electrons. The van der Waals surface area contributed by atoms with Crippen molar-refractivity contribution in [2.24, 2.45) is 0 Å². The van der Waals surface area contributed by atoms with Gasteiger partial charge in [0.05, 0.1) is 11.3 Å². The minimum Gasteiger partial charge on any atom is -0.478 e. The van der Waals surface area contributed by atoms with E-state index in [1.165, 1.54) is 0 Å². The van der Waals surface area contributed by atoms with Gasteiger partial charge in [0.1, 0.15) is 5.69 Å². The Hall–Kier alpha value is -1.50. The molecule has 1 rings (SSSR count). The maximum absolute atomic E-state index is 12.2. The van der Waals surface area contributed by atoms with Crippen molar-refractivity contribution in [1.29, 1.82) is 0 Å². The van der Waals surface area contributed by atoms with Gasteiger partial charge in [0, 0.05) is 0 Å². The third-order valence-electron chi connectivity index (χ3n) is 1.53. The molecule has 0 aromatic carbocycles. The van der Waals surface area contributed by atoms with Crippen LogP contribution in [0.1, 0.15) is 16.1 Å². The van der Waals surface area contributed by atoms with Crippen molar-refractivity contribution in [3.8, 4) is 0 Å². The second-order valence-electron chi connectivity index (χ2n) is 2.56. The van der Waals surface area contributed by atoms with Crippen molar-refractivity contribution >= 4 is 23.3 Å². The standard InChI is InChI=1S/C7H4ClF3N2O2/c8-5-4(12)2(6(14)15)1-3(13-5)7(9,10)11/h1H,12H2,(H,14,15). The van der Waals surface area contributed by atoms with Crippen molar-refractivity contribution in [1.82, 2.24) is 4.98 Å². The van der Waals surface area contributed by atoms with E-state index in [0.717, 1.165) is 0 Å². The van der Waals surface area contributed by atoms with Gasteiger partial charge in [-0.1, -0.05) is 11.6 Å². The molecule has 1 aromatic heterocycles. The first-order valence-corrected chi connectivity index (χ1v) is 3.87. The Morgan fingerprint density at radius 3 is 2.47 bits per heavy atom. The number of hydrogen-bond acceptors (Lipinski definition) is 3. The highest BCUT2D eigenvalue weighted by Crippen LogP contribution is 2.32. The number of alkyl halides is 3. The first-order valence-electron chi connectivity index (χ1n) is 3.50. The predicted octanol–water partition coefficient (Wildman–Crippen LogP) is 2.03. The molecule has 8 heteroatoms. The van der Waals surface area contributed by atoms with Crippen molar-refractivity contribution < 1.29 is 23.1 Å². The maximum atomic E-state index is 12.2. The Morgan fingerprint density at radius 1 is 1.53 bits per heavy atom. The fourth-order valence-corrected chi connectivity index (χ4v) is 1.04. The molecule has 0 fully saturated rings. The summed E-state index contributed by atoms with van der Waals surface area (Å²) in [6.07, 6.45) is -4.76. The molecule has 0 bridgehead atoms. The van der Waals surface area contributed by atoms with Crippen molar-refractivity contribution in [2.45, 2.75) is 6.18 Å². The van der Waals surface area contributed by atoms with Gasteiger partial charge in [-0.05, 0) is 6.07 Å². The second-order valence-corrected chi connectivity index (χ2v) is 2.92. The number of nitrogen functional groups attached to an aromatic ring is 1. The highest BCUT2D eigenvalue weighted by Gasteiger charge is 2.34. The number of hydrogen-bond donors (Lipinski definition) is 2.